The predicted molar refractivity (Wildman–Crippen MR) is 51.8 cm³/mol. The number of carbonyl (C=O) groups excluding carboxylic acids is 1. The molecule has 0 saturated heterocycles. The Kier molecular flexibility index (Phi) is 3.10. The molecule has 7 heteroatoms. The molecule has 0 unspecified atom stereocenters. The summed E-state index contributed by atoms with van der Waals surface area (Å²) in [5, 5.41) is -0.809. The van der Waals surface area contributed by atoms with Gasteiger partial charge in [-0.15, -0.1) is 0 Å². The van der Waals surface area contributed by atoms with Crippen LogP contribution in [0.2, 0.25) is 0 Å². The molecule has 2 N–H and O–H groups in total. The van der Waals surface area contributed by atoms with E-state index >= 15 is 0 Å². The first-order valence-corrected chi connectivity index (χ1v) is 5.26. The Balaban J connectivity index is 3.15. The standard InChI is InChI=1S/C7H6ClNO4S/c8-7(10)5-3-1-2-4-6(5)9-14(11,12)13/h1-4,9H,(H,11,12,13). The summed E-state index contributed by atoms with van der Waals surface area (Å²) < 4.78 is 31.2. The molecule has 0 radical (unpaired) electrons. The van der Waals surface area contributed by atoms with Gasteiger partial charge in [0.05, 0.1) is 11.3 Å². The normalized spacial score (nSPS) is 11.0. The molecule has 0 heterocycles. The highest BCUT2D eigenvalue weighted by molar-refractivity contribution is 7.87. The Bertz CT molecular complexity index is 457. The number of benzene rings is 1. The van der Waals surface area contributed by atoms with E-state index in [0.717, 1.165) is 0 Å². The number of carbonyl (C=O) groups is 1. The molecule has 0 amide bonds. The number of para-hydroxylation sites is 1. The van der Waals surface area contributed by atoms with E-state index in [0.29, 0.717) is 0 Å². The van der Waals surface area contributed by atoms with E-state index in [-0.39, 0.29) is 11.3 Å². The molecule has 0 aliphatic heterocycles. The zero-order valence-corrected chi connectivity index (χ0v) is 8.34. The zero-order valence-electron chi connectivity index (χ0n) is 6.77. The number of hydrogen-bond acceptors (Lipinski definition) is 3. The lowest BCUT2D eigenvalue weighted by molar-refractivity contribution is 0.108. The molecule has 14 heavy (non-hydrogen) atoms. The van der Waals surface area contributed by atoms with Crippen LogP contribution in [0.25, 0.3) is 0 Å². The lowest BCUT2D eigenvalue weighted by atomic mass is 10.2. The first-order chi connectivity index (χ1) is 6.40. The van der Waals surface area contributed by atoms with Gasteiger partial charge >= 0.3 is 10.3 Å². The van der Waals surface area contributed by atoms with Crippen LogP contribution < -0.4 is 4.72 Å². The molecule has 1 rings (SSSR count). The first-order valence-electron chi connectivity index (χ1n) is 3.44. The van der Waals surface area contributed by atoms with E-state index < -0.39 is 15.5 Å². The molecular formula is C7H6ClNO4S. The Labute approximate surface area is 85.6 Å². The molecule has 0 aliphatic rings. The average Bonchev–Trinajstić information content (AvgIpc) is 2.01. The SMILES string of the molecule is O=C(Cl)c1ccccc1NS(=O)(=O)O. The van der Waals surface area contributed by atoms with Gasteiger partial charge in [-0.1, -0.05) is 12.1 Å². The molecule has 0 aromatic heterocycles. The lowest BCUT2D eigenvalue weighted by Crippen LogP contribution is -2.12. The monoisotopic (exact) mass is 235 g/mol. The van der Waals surface area contributed by atoms with E-state index in [1.807, 2.05) is 0 Å². The van der Waals surface area contributed by atoms with Gasteiger partial charge in [0.1, 0.15) is 0 Å². The predicted octanol–water partition coefficient (Wildman–Crippen LogP) is 1.28. The highest BCUT2D eigenvalue weighted by Crippen LogP contribution is 2.17. The average molecular weight is 236 g/mol. The van der Waals surface area contributed by atoms with Crippen molar-refractivity contribution in [2.24, 2.45) is 0 Å². The topological polar surface area (TPSA) is 83.5 Å². The maximum atomic E-state index is 10.8. The van der Waals surface area contributed by atoms with Crippen molar-refractivity contribution in [2.45, 2.75) is 0 Å². The molecule has 1 aromatic carbocycles. The highest BCUT2D eigenvalue weighted by atomic mass is 35.5. The Morgan fingerprint density at radius 2 is 1.93 bits per heavy atom. The summed E-state index contributed by atoms with van der Waals surface area (Å²) >= 11 is 5.18. The Morgan fingerprint density at radius 1 is 1.36 bits per heavy atom. The number of anilines is 1. The van der Waals surface area contributed by atoms with Crippen LogP contribution in [-0.4, -0.2) is 18.2 Å². The highest BCUT2D eigenvalue weighted by Gasteiger charge is 2.11. The quantitative estimate of drug-likeness (QED) is 0.611. The molecule has 0 atom stereocenters. The summed E-state index contributed by atoms with van der Waals surface area (Å²) in [5.41, 5.74) is -0.0817. The van der Waals surface area contributed by atoms with Crippen molar-refractivity contribution >= 4 is 32.8 Å². The second kappa shape index (κ2) is 3.95. The van der Waals surface area contributed by atoms with Crippen LogP contribution in [-0.2, 0) is 10.3 Å². The Morgan fingerprint density at radius 3 is 2.43 bits per heavy atom. The minimum absolute atomic E-state index is 0.0215. The van der Waals surface area contributed by atoms with Gasteiger partial charge in [-0.2, -0.15) is 8.42 Å². The summed E-state index contributed by atoms with van der Waals surface area (Å²) in [6.07, 6.45) is 0. The van der Waals surface area contributed by atoms with Gasteiger partial charge < -0.3 is 0 Å². The van der Waals surface area contributed by atoms with Crippen LogP contribution in [0.15, 0.2) is 24.3 Å². The molecule has 0 spiro atoms. The molecule has 1 aromatic rings. The van der Waals surface area contributed by atoms with Crippen molar-refractivity contribution in [2.75, 3.05) is 4.72 Å². The van der Waals surface area contributed by atoms with Crippen molar-refractivity contribution in [1.29, 1.82) is 0 Å². The molecule has 0 saturated carbocycles. The third kappa shape index (κ3) is 2.99. The smallest absolute Gasteiger partial charge is 0.276 e. The van der Waals surface area contributed by atoms with Crippen molar-refractivity contribution in [3.63, 3.8) is 0 Å². The zero-order chi connectivity index (χ0) is 10.8. The second-order valence-electron chi connectivity index (χ2n) is 2.40. The van der Waals surface area contributed by atoms with Crippen molar-refractivity contribution < 1.29 is 17.8 Å². The van der Waals surface area contributed by atoms with Crippen LogP contribution >= 0.6 is 11.6 Å². The fourth-order valence-electron chi connectivity index (χ4n) is 0.882. The molecule has 0 bridgehead atoms. The van der Waals surface area contributed by atoms with E-state index in [9.17, 15) is 13.2 Å². The summed E-state index contributed by atoms with van der Waals surface area (Å²) in [7, 11) is -4.39. The second-order valence-corrected chi connectivity index (χ2v) is 3.89. The first kappa shape index (κ1) is 11.0. The fraction of sp³-hybridized carbons (Fsp3) is 0. The van der Waals surface area contributed by atoms with Gasteiger partial charge in [-0.05, 0) is 23.7 Å². The summed E-state index contributed by atoms with van der Waals surface area (Å²) in [4.78, 5) is 10.8. The van der Waals surface area contributed by atoms with Gasteiger partial charge in [0, 0.05) is 0 Å². The van der Waals surface area contributed by atoms with Crippen LogP contribution in [0.1, 0.15) is 10.4 Å². The van der Waals surface area contributed by atoms with Crippen LogP contribution in [0.5, 0.6) is 0 Å². The van der Waals surface area contributed by atoms with Gasteiger partial charge in [0.15, 0.2) is 0 Å². The molecular weight excluding hydrogens is 230 g/mol. The molecule has 5 nitrogen and oxygen atoms in total. The number of hydrogen-bond donors (Lipinski definition) is 2. The lowest BCUT2D eigenvalue weighted by Gasteiger charge is -2.05. The number of rotatable bonds is 3. The van der Waals surface area contributed by atoms with Gasteiger partial charge in [0.25, 0.3) is 5.24 Å². The van der Waals surface area contributed by atoms with Crippen molar-refractivity contribution in [3.05, 3.63) is 29.8 Å². The summed E-state index contributed by atoms with van der Waals surface area (Å²) in [6, 6.07) is 5.66. The summed E-state index contributed by atoms with van der Waals surface area (Å²) in [5.74, 6) is 0. The largest absolute Gasteiger partial charge is 0.357 e. The fourth-order valence-corrected chi connectivity index (χ4v) is 1.50. The molecule has 76 valence electrons. The van der Waals surface area contributed by atoms with E-state index in [2.05, 4.69) is 0 Å². The third-order valence-electron chi connectivity index (χ3n) is 1.38. The molecule has 0 aliphatic carbocycles. The van der Waals surface area contributed by atoms with Gasteiger partial charge in [-0.3, -0.25) is 14.1 Å². The minimum Gasteiger partial charge on any atom is -0.276 e. The third-order valence-corrected chi connectivity index (χ3v) is 2.06. The maximum Gasteiger partial charge on any atom is 0.357 e. The van der Waals surface area contributed by atoms with Crippen LogP contribution in [0.3, 0.4) is 0 Å². The van der Waals surface area contributed by atoms with Crippen LogP contribution in [0.4, 0.5) is 5.69 Å². The summed E-state index contributed by atoms with van der Waals surface area (Å²) in [6.45, 7) is 0. The minimum atomic E-state index is -4.39. The van der Waals surface area contributed by atoms with Gasteiger partial charge in [0.2, 0.25) is 0 Å². The Hall–Kier alpha value is -1.11. The van der Waals surface area contributed by atoms with Crippen molar-refractivity contribution in [1.82, 2.24) is 0 Å². The molecule has 0 fully saturated rings. The number of nitrogens with one attached hydrogen (secondary N) is 1. The van der Waals surface area contributed by atoms with E-state index in [1.54, 1.807) is 4.72 Å². The van der Waals surface area contributed by atoms with E-state index in [4.69, 9.17) is 16.2 Å². The van der Waals surface area contributed by atoms with E-state index in [1.165, 1.54) is 24.3 Å². The maximum absolute atomic E-state index is 10.8. The van der Waals surface area contributed by atoms with Crippen molar-refractivity contribution in [3.8, 4) is 0 Å². The van der Waals surface area contributed by atoms with Gasteiger partial charge in [-0.25, -0.2) is 0 Å². The van der Waals surface area contributed by atoms with Crippen LogP contribution in [0, 0.1) is 0 Å². The number of halogens is 1.